The number of carboxylic acids is 1. The summed E-state index contributed by atoms with van der Waals surface area (Å²) in [6.45, 7) is 2.10. The van der Waals surface area contributed by atoms with Crippen LogP contribution in [0.25, 0.3) is 0 Å². The number of carbonyl (C=O) groups excluding carboxylic acids is 3. The van der Waals surface area contributed by atoms with E-state index >= 15 is 0 Å². The normalized spacial score (nSPS) is 23.4. The van der Waals surface area contributed by atoms with Gasteiger partial charge in [-0.15, -0.1) is 0 Å². The minimum atomic E-state index is -0.946. The average Bonchev–Trinajstić information content (AvgIpc) is 3.03. The van der Waals surface area contributed by atoms with Crippen molar-refractivity contribution in [3.63, 3.8) is 0 Å². The van der Waals surface area contributed by atoms with Gasteiger partial charge in [-0.25, -0.2) is 0 Å². The highest BCUT2D eigenvalue weighted by molar-refractivity contribution is 6.21. The van der Waals surface area contributed by atoms with Crippen molar-refractivity contribution in [3.8, 4) is 0 Å². The van der Waals surface area contributed by atoms with Gasteiger partial charge in [-0.3, -0.25) is 24.1 Å². The van der Waals surface area contributed by atoms with Gasteiger partial charge < -0.3 is 10.0 Å². The van der Waals surface area contributed by atoms with E-state index in [1.807, 2.05) is 0 Å². The number of carbonyl (C=O) groups is 4. The number of hydrogen-bond donors (Lipinski definition) is 1. The first-order chi connectivity index (χ1) is 10.7. The zero-order chi connectivity index (χ0) is 16.9. The molecule has 1 aromatic rings. The number of amides is 3. The van der Waals surface area contributed by atoms with Crippen LogP contribution in [0.3, 0.4) is 0 Å². The van der Waals surface area contributed by atoms with Crippen molar-refractivity contribution < 1.29 is 24.3 Å². The van der Waals surface area contributed by atoms with Gasteiger partial charge in [-0.05, 0) is 31.5 Å². The zero-order valence-corrected chi connectivity index (χ0v) is 12.8. The molecular weight excluding hydrogens is 300 g/mol. The summed E-state index contributed by atoms with van der Waals surface area (Å²) in [6.07, 6.45) is 0.388. The second-order valence-electron chi connectivity index (χ2n) is 6.27. The Morgan fingerprint density at radius 2 is 1.83 bits per heavy atom. The van der Waals surface area contributed by atoms with Crippen LogP contribution in [-0.4, -0.2) is 58.7 Å². The summed E-state index contributed by atoms with van der Waals surface area (Å²) >= 11 is 0. The third-order valence-electron chi connectivity index (χ3n) is 4.61. The van der Waals surface area contributed by atoms with Gasteiger partial charge in [0, 0.05) is 25.7 Å². The van der Waals surface area contributed by atoms with Crippen LogP contribution in [0.1, 0.15) is 44.4 Å². The molecule has 2 heterocycles. The topological polar surface area (TPSA) is 95.0 Å². The van der Waals surface area contributed by atoms with Gasteiger partial charge in [-0.2, -0.15) is 0 Å². The van der Waals surface area contributed by atoms with Crippen molar-refractivity contribution in [2.24, 2.45) is 5.41 Å². The number of likely N-dealkylation sites (tertiary alicyclic amines) is 1. The van der Waals surface area contributed by atoms with Crippen LogP contribution in [0.5, 0.6) is 0 Å². The molecule has 120 valence electrons. The highest BCUT2D eigenvalue weighted by atomic mass is 16.4. The molecule has 1 atom stereocenters. The fourth-order valence-electron chi connectivity index (χ4n) is 2.99. The number of imide groups is 1. The molecule has 0 saturated carbocycles. The Morgan fingerprint density at radius 3 is 2.43 bits per heavy atom. The van der Waals surface area contributed by atoms with Gasteiger partial charge in [0.2, 0.25) is 0 Å². The second kappa shape index (κ2) is 4.91. The molecule has 0 spiro atoms. The molecule has 0 aliphatic carbocycles. The van der Waals surface area contributed by atoms with E-state index < -0.39 is 17.3 Å². The van der Waals surface area contributed by atoms with E-state index in [9.17, 15) is 24.3 Å². The smallest absolute Gasteiger partial charge is 0.311 e. The fourth-order valence-corrected chi connectivity index (χ4v) is 2.99. The Labute approximate surface area is 132 Å². The predicted molar refractivity (Wildman–Crippen MR) is 79.1 cm³/mol. The lowest BCUT2D eigenvalue weighted by atomic mass is 9.90. The fraction of sp³-hybridized carbons (Fsp3) is 0.375. The molecule has 23 heavy (non-hydrogen) atoms. The van der Waals surface area contributed by atoms with Crippen LogP contribution in [-0.2, 0) is 4.79 Å². The predicted octanol–water partition coefficient (Wildman–Crippen LogP) is 0.849. The monoisotopic (exact) mass is 316 g/mol. The largest absolute Gasteiger partial charge is 0.481 e. The van der Waals surface area contributed by atoms with Crippen molar-refractivity contribution in [1.82, 2.24) is 9.80 Å². The highest BCUT2D eigenvalue weighted by Crippen LogP contribution is 2.31. The first kappa shape index (κ1) is 15.2. The maximum Gasteiger partial charge on any atom is 0.311 e. The molecule has 3 amide bonds. The van der Waals surface area contributed by atoms with Crippen molar-refractivity contribution in [2.45, 2.75) is 13.3 Å². The summed E-state index contributed by atoms with van der Waals surface area (Å²) in [5.74, 6) is -2.07. The van der Waals surface area contributed by atoms with E-state index in [1.54, 1.807) is 6.92 Å². The summed E-state index contributed by atoms with van der Waals surface area (Å²) in [4.78, 5) is 50.2. The third-order valence-corrected chi connectivity index (χ3v) is 4.61. The molecule has 0 bridgehead atoms. The molecule has 3 rings (SSSR count). The quantitative estimate of drug-likeness (QED) is 0.816. The van der Waals surface area contributed by atoms with Crippen molar-refractivity contribution in [3.05, 3.63) is 34.9 Å². The maximum atomic E-state index is 12.6. The molecule has 2 aliphatic heterocycles. The Bertz CT molecular complexity index is 757. The molecule has 0 radical (unpaired) electrons. The van der Waals surface area contributed by atoms with Crippen LogP contribution in [0, 0.1) is 5.41 Å². The number of hydrogen-bond acceptors (Lipinski definition) is 4. The zero-order valence-electron chi connectivity index (χ0n) is 12.8. The summed E-state index contributed by atoms with van der Waals surface area (Å²) in [5.41, 5.74) is -0.164. The second-order valence-corrected chi connectivity index (χ2v) is 6.27. The summed E-state index contributed by atoms with van der Waals surface area (Å²) in [5, 5.41) is 9.24. The number of rotatable bonds is 2. The lowest BCUT2D eigenvalue weighted by molar-refractivity contribution is -0.147. The molecule has 2 aliphatic rings. The number of aliphatic carboxylic acids is 1. The standard InChI is InChI=1S/C16H16N2O5/c1-16(15(22)23)5-6-18(8-16)12(19)9-3-4-10-11(7-9)14(21)17(2)13(10)20/h3-4,7H,5-6,8H2,1-2H3,(H,22,23). The van der Waals surface area contributed by atoms with E-state index in [2.05, 4.69) is 0 Å². The highest BCUT2D eigenvalue weighted by Gasteiger charge is 2.42. The molecular formula is C16H16N2O5. The maximum absolute atomic E-state index is 12.6. The number of carboxylic acid groups (broad SMARTS) is 1. The van der Waals surface area contributed by atoms with E-state index in [4.69, 9.17) is 0 Å². The lowest BCUT2D eigenvalue weighted by Gasteiger charge is -2.20. The first-order valence-electron chi connectivity index (χ1n) is 7.24. The average molecular weight is 316 g/mol. The van der Waals surface area contributed by atoms with Gasteiger partial charge in [0.05, 0.1) is 16.5 Å². The SMILES string of the molecule is CN1C(=O)c2ccc(C(=O)N3CCC(C)(C(=O)O)C3)cc2C1=O. The van der Waals surface area contributed by atoms with E-state index in [0.29, 0.717) is 13.0 Å². The molecule has 7 heteroatoms. The van der Waals surface area contributed by atoms with E-state index in [1.165, 1.54) is 30.1 Å². The first-order valence-corrected chi connectivity index (χ1v) is 7.24. The minimum Gasteiger partial charge on any atom is -0.481 e. The van der Waals surface area contributed by atoms with Crippen molar-refractivity contribution >= 4 is 23.7 Å². The van der Waals surface area contributed by atoms with Gasteiger partial charge >= 0.3 is 5.97 Å². The summed E-state index contributed by atoms with van der Waals surface area (Å²) in [6, 6.07) is 4.39. The Morgan fingerprint density at radius 1 is 1.17 bits per heavy atom. The molecule has 1 unspecified atom stereocenters. The lowest BCUT2D eigenvalue weighted by Crippen LogP contribution is -2.34. The van der Waals surface area contributed by atoms with Crippen LogP contribution in [0.2, 0.25) is 0 Å². The van der Waals surface area contributed by atoms with Gasteiger partial charge in [0.25, 0.3) is 17.7 Å². The molecule has 7 nitrogen and oxygen atoms in total. The van der Waals surface area contributed by atoms with E-state index in [-0.39, 0.29) is 35.0 Å². The Kier molecular flexibility index (Phi) is 3.24. The molecule has 1 N–H and O–H groups in total. The summed E-state index contributed by atoms with van der Waals surface area (Å²) in [7, 11) is 1.39. The van der Waals surface area contributed by atoms with Gasteiger partial charge in [0.1, 0.15) is 0 Å². The van der Waals surface area contributed by atoms with Crippen LogP contribution >= 0.6 is 0 Å². The number of fused-ring (bicyclic) bond motifs is 1. The van der Waals surface area contributed by atoms with Crippen LogP contribution in [0.15, 0.2) is 18.2 Å². The van der Waals surface area contributed by atoms with Crippen LogP contribution < -0.4 is 0 Å². The van der Waals surface area contributed by atoms with Crippen molar-refractivity contribution in [2.75, 3.05) is 20.1 Å². The Hall–Kier alpha value is -2.70. The van der Waals surface area contributed by atoms with E-state index in [0.717, 1.165) is 4.90 Å². The number of nitrogens with zero attached hydrogens (tertiary/aromatic N) is 2. The van der Waals surface area contributed by atoms with Crippen LogP contribution in [0.4, 0.5) is 0 Å². The number of benzene rings is 1. The molecule has 0 aromatic heterocycles. The Balaban J connectivity index is 1.87. The minimum absolute atomic E-state index is 0.130. The molecule has 1 aromatic carbocycles. The summed E-state index contributed by atoms with van der Waals surface area (Å²) < 4.78 is 0. The molecule has 1 saturated heterocycles. The van der Waals surface area contributed by atoms with Crippen molar-refractivity contribution in [1.29, 1.82) is 0 Å². The van der Waals surface area contributed by atoms with Gasteiger partial charge in [-0.1, -0.05) is 0 Å². The third kappa shape index (κ3) is 2.19. The van der Waals surface area contributed by atoms with Gasteiger partial charge in [0.15, 0.2) is 0 Å². The molecule has 1 fully saturated rings.